The highest BCUT2D eigenvalue weighted by Crippen LogP contribution is 2.30. The summed E-state index contributed by atoms with van der Waals surface area (Å²) in [5, 5.41) is 3.46. The third-order valence-electron chi connectivity index (χ3n) is 3.67. The minimum Gasteiger partial charge on any atom is -0.378 e. The van der Waals surface area contributed by atoms with Crippen molar-refractivity contribution in [3.63, 3.8) is 0 Å². The Morgan fingerprint density at radius 2 is 1.82 bits per heavy atom. The zero-order chi connectivity index (χ0) is 12.7. The van der Waals surface area contributed by atoms with Gasteiger partial charge in [-0.2, -0.15) is 0 Å². The molecule has 0 bridgehead atoms. The smallest absolute Gasteiger partial charge is 0.0580 e. The first kappa shape index (κ1) is 15.0. The molecule has 1 fully saturated rings. The quantitative estimate of drug-likeness (QED) is 0.689. The van der Waals surface area contributed by atoms with Crippen LogP contribution in [0.4, 0.5) is 0 Å². The Hall–Kier alpha value is -0.0800. The molecule has 2 nitrogen and oxygen atoms in total. The van der Waals surface area contributed by atoms with Gasteiger partial charge in [-0.3, -0.25) is 0 Å². The molecular formula is C15H31NO. The molecule has 0 spiro atoms. The van der Waals surface area contributed by atoms with Crippen LogP contribution in [0.5, 0.6) is 0 Å². The molecule has 0 heterocycles. The van der Waals surface area contributed by atoms with Crippen molar-refractivity contribution in [1.82, 2.24) is 5.32 Å². The number of nitrogens with one attached hydrogen (secondary N) is 1. The highest BCUT2D eigenvalue weighted by Gasteiger charge is 2.24. The molecule has 0 aromatic carbocycles. The van der Waals surface area contributed by atoms with Gasteiger partial charge in [-0.15, -0.1) is 0 Å². The summed E-state index contributed by atoms with van der Waals surface area (Å²) in [4.78, 5) is 0. The van der Waals surface area contributed by atoms with E-state index >= 15 is 0 Å². The first-order chi connectivity index (χ1) is 8.11. The average molecular weight is 241 g/mol. The lowest BCUT2D eigenvalue weighted by molar-refractivity contribution is -0.0130. The van der Waals surface area contributed by atoms with Gasteiger partial charge < -0.3 is 10.1 Å². The van der Waals surface area contributed by atoms with Gasteiger partial charge in [-0.1, -0.05) is 27.7 Å². The summed E-state index contributed by atoms with van der Waals surface area (Å²) in [5.74, 6) is 2.32. The highest BCUT2D eigenvalue weighted by atomic mass is 16.5. The molecule has 1 aliphatic rings. The molecule has 0 amide bonds. The minimum atomic E-state index is 0.516. The summed E-state index contributed by atoms with van der Waals surface area (Å²) in [6.07, 6.45) is 5.64. The van der Waals surface area contributed by atoms with Crippen LogP contribution < -0.4 is 5.32 Å². The largest absolute Gasteiger partial charge is 0.378 e. The second kappa shape index (κ2) is 8.10. The Bertz CT molecular complexity index is 185. The van der Waals surface area contributed by atoms with E-state index in [1.807, 2.05) is 0 Å². The second-order valence-electron chi connectivity index (χ2n) is 6.18. The van der Waals surface area contributed by atoms with Crippen molar-refractivity contribution in [2.45, 2.75) is 59.5 Å². The van der Waals surface area contributed by atoms with E-state index in [0.717, 1.165) is 31.5 Å². The third-order valence-corrected chi connectivity index (χ3v) is 3.67. The van der Waals surface area contributed by atoms with Gasteiger partial charge in [-0.25, -0.2) is 0 Å². The summed E-state index contributed by atoms with van der Waals surface area (Å²) in [5.41, 5.74) is 0. The predicted octanol–water partition coefficient (Wildman–Crippen LogP) is 3.46. The topological polar surface area (TPSA) is 21.3 Å². The molecule has 0 aromatic rings. The molecule has 1 aliphatic carbocycles. The lowest BCUT2D eigenvalue weighted by atomic mass is 9.82. The summed E-state index contributed by atoms with van der Waals surface area (Å²) >= 11 is 0. The van der Waals surface area contributed by atoms with E-state index in [4.69, 9.17) is 4.74 Å². The Morgan fingerprint density at radius 1 is 1.18 bits per heavy atom. The van der Waals surface area contributed by atoms with Crippen LogP contribution >= 0.6 is 0 Å². The van der Waals surface area contributed by atoms with E-state index < -0.39 is 0 Å². The number of hydrogen-bond acceptors (Lipinski definition) is 2. The highest BCUT2D eigenvalue weighted by molar-refractivity contribution is 4.75. The van der Waals surface area contributed by atoms with E-state index in [2.05, 4.69) is 33.0 Å². The van der Waals surface area contributed by atoms with Gasteiger partial charge in [0.2, 0.25) is 0 Å². The van der Waals surface area contributed by atoms with Crippen LogP contribution in [0.3, 0.4) is 0 Å². The van der Waals surface area contributed by atoms with Gasteiger partial charge in [0.05, 0.1) is 12.7 Å². The molecule has 3 atom stereocenters. The molecule has 0 saturated heterocycles. The van der Waals surface area contributed by atoms with Gasteiger partial charge >= 0.3 is 0 Å². The number of hydrogen-bond donors (Lipinski definition) is 1. The first-order valence-corrected chi connectivity index (χ1v) is 7.44. The zero-order valence-corrected chi connectivity index (χ0v) is 12.2. The molecule has 102 valence electrons. The van der Waals surface area contributed by atoms with Crippen molar-refractivity contribution in [3.8, 4) is 0 Å². The van der Waals surface area contributed by atoms with Crippen LogP contribution in [0.1, 0.15) is 53.4 Å². The second-order valence-corrected chi connectivity index (χ2v) is 6.18. The summed E-state index contributed by atoms with van der Waals surface area (Å²) < 4.78 is 6.08. The van der Waals surface area contributed by atoms with Crippen molar-refractivity contribution in [2.24, 2.45) is 17.8 Å². The summed E-state index contributed by atoms with van der Waals surface area (Å²) in [6, 6.07) is 0. The molecule has 17 heavy (non-hydrogen) atoms. The first-order valence-electron chi connectivity index (χ1n) is 7.44. The fourth-order valence-electron chi connectivity index (χ4n) is 2.89. The molecule has 3 unspecified atom stereocenters. The molecular weight excluding hydrogens is 210 g/mol. The Labute approximate surface area is 108 Å². The van der Waals surface area contributed by atoms with Gasteiger partial charge in [0.25, 0.3) is 0 Å². The van der Waals surface area contributed by atoms with Crippen LogP contribution in [0, 0.1) is 17.8 Å². The van der Waals surface area contributed by atoms with Crippen LogP contribution in [0.2, 0.25) is 0 Å². The van der Waals surface area contributed by atoms with Gasteiger partial charge in [0.1, 0.15) is 0 Å². The molecule has 1 saturated carbocycles. The monoisotopic (exact) mass is 241 g/mol. The van der Waals surface area contributed by atoms with E-state index in [-0.39, 0.29) is 0 Å². The van der Waals surface area contributed by atoms with Crippen LogP contribution in [-0.4, -0.2) is 25.8 Å². The average Bonchev–Trinajstić information content (AvgIpc) is 2.25. The molecule has 1 N–H and O–H groups in total. The zero-order valence-electron chi connectivity index (χ0n) is 12.2. The Balaban J connectivity index is 2.12. The van der Waals surface area contributed by atoms with Crippen LogP contribution in [0.15, 0.2) is 0 Å². The van der Waals surface area contributed by atoms with Crippen LogP contribution in [0.25, 0.3) is 0 Å². The molecule has 1 rings (SSSR count). The molecule has 0 radical (unpaired) electrons. The Morgan fingerprint density at radius 3 is 2.41 bits per heavy atom. The normalized spacial score (nSPS) is 31.4. The van der Waals surface area contributed by atoms with Crippen molar-refractivity contribution in [2.75, 3.05) is 19.7 Å². The van der Waals surface area contributed by atoms with Crippen LogP contribution in [-0.2, 0) is 4.74 Å². The SMILES string of the molecule is CCCNCC(C)COC1CC(C)CC(C)C1. The fourth-order valence-corrected chi connectivity index (χ4v) is 2.89. The maximum absolute atomic E-state index is 6.08. The third kappa shape index (κ3) is 6.42. The van der Waals surface area contributed by atoms with Gasteiger partial charge in [0.15, 0.2) is 0 Å². The van der Waals surface area contributed by atoms with Gasteiger partial charge in [-0.05, 0) is 56.5 Å². The minimum absolute atomic E-state index is 0.516. The molecule has 0 aromatic heterocycles. The van der Waals surface area contributed by atoms with Crippen molar-refractivity contribution in [1.29, 1.82) is 0 Å². The molecule has 0 aliphatic heterocycles. The molecule has 2 heteroatoms. The standard InChI is InChI=1S/C15H31NO/c1-5-6-16-10-14(4)11-17-15-8-12(2)7-13(3)9-15/h12-16H,5-11H2,1-4H3. The van der Waals surface area contributed by atoms with Crippen molar-refractivity contribution >= 4 is 0 Å². The van der Waals surface area contributed by atoms with E-state index in [1.54, 1.807) is 0 Å². The van der Waals surface area contributed by atoms with E-state index in [0.29, 0.717) is 12.0 Å². The van der Waals surface area contributed by atoms with Crippen molar-refractivity contribution < 1.29 is 4.74 Å². The lowest BCUT2D eigenvalue weighted by Gasteiger charge is -2.32. The maximum Gasteiger partial charge on any atom is 0.0580 e. The summed E-state index contributed by atoms with van der Waals surface area (Å²) in [7, 11) is 0. The van der Waals surface area contributed by atoms with E-state index in [9.17, 15) is 0 Å². The van der Waals surface area contributed by atoms with E-state index in [1.165, 1.54) is 25.7 Å². The number of ether oxygens (including phenoxy) is 1. The summed E-state index contributed by atoms with van der Waals surface area (Å²) in [6.45, 7) is 12.3. The van der Waals surface area contributed by atoms with Crippen molar-refractivity contribution in [3.05, 3.63) is 0 Å². The van der Waals surface area contributed by atoms with Gasteiger partial charge in [0, 0.05) is 0 Å². The maximum atomic E-state index is 6.08. The fraction of sp³-hybridized carbons (Fsp3) is 1.00. The predicted molar refractivity (Wildman–Crippen MR) is 74.2 cm³/mol. The lowest BCUT2D eigenvalue weighted by Crippen LogP contribution is -2.30. The number of rotatable bonds is 7. The Kier molecular flexibility index (Phi) is 7.14.